The molecule has 8 nitrogen and oxygen atoms in total. The lowest BCUT2D eigenvalue weighted by Gasteiger charge is -2.35. The molecule has 1 aliphatic rings. The number of rotatable bonds is 6. The third-order valence-corrected chi connectivity index (χ3v) is 6.68. The van der Waals surface area contributed by atoms with Crippen LogP contribution in [0.4, 0.5) is 5.82 Å². The number of piperazine rings is 1. The largest absolute Gasteiger partial charge is 0.354 e. The normalized spacial score (nSPS) is 14.7. The highest BCUT2D eigenvalue weighted by Gasteiger charge is 2.19. The van der Waals surface area contributed by atoms with E-state index in [-0.39, 0.29) is 0 Å². The molecule has 1 fully saturated rings. The topological polar surface area (TPSA) is 86.7 Å². The predicted octanol–water partition coefficient (Wildman–Crippen LogP) is 3.56. The maximum absolute atomic E-state index is 4.77. The van der Waals surface area contributed by atoms with Crippen molar-refractivity contribution in [2.75, 3.05) is 31.1 Å². The van der Waals surface area contributed by atoms with Crippen LogP contribution in [0, 0.1) is 20.8 Å². The Morgan fingerprint density at radius 1 is 0.939 bits per heavy atom. The Balaban J connectivity index is 1.23. The highest BCUT2D eigenvalue weighted by molar-refractivity contribution is 7.11. The van der Waals surface area contributed by atoms with E-state index in [4.69, 9.17) is 9.97 Å². The standard InChI is InChI=1S/C24H28N8S/c1-16-10-20(12-21-11-17(2)29-30-21)28-24(27-16)19-4-5-23(26-13-19)32-8-6-31(7-9-32)15-22-14-25-18(3)33-22/h4-5,10-11,13-14H,6-9,12,15H2,1-3H3,(H,29,30). The van der Waals surface area contributed by atoms with Crippen LogP contribution < -0.4 is 4.90 Å². The van der Waals surface area contributed by atoms with Crippen molar-refractivity contribution in [3.05, 3.63) is 69.3 Å². The summed E-state index contributed by atoms with van der Waals surface area (Å²) in [5.74, 6) is 1.72. The van der Waals surface area contributed by atoms with E-state index in [0.717, 1.165) is 71.9 Å². The molecule has 0 aliphatic carbocycles. The van der Waals surface area contributed by atoms with E-state index in [1.54, 1.807) is 11.3 Å². The van der Waals surface area contributed by atoms with Crippen molar-refractivity contribution in [2.24, 2.45) is 0 Å². The van der Waals surface area contributed by atoms with Gasteiger partial charge < -0.3 is 4.90 Å². The average Bonchev–Trinajstić information content (AvgIpc) is 3.41. The molecule has 0 spiro atoms. The van der Waals surface area contributed by atoms with Gasteiger partial charge in [0.2, 0.25) is 0 Å². The highest BCUT2D eigenvalue weighted by Crippen LogP contribution is 2.21. The SMILES string of the molecule is Cc1cc(Cc2cc(C)[nH]n2)nc(-c2ccc(N3CCN(Cc4cnc(C)s4)CC3)nc2)n1. The minimum Gasteiger partial charge on any atom is -0.354 e. The fourth-order valence-electron chi connectivity index (χ4n) is 4.14. The Kier molecular flexibility index (Phi) is 6.15. The molecule has 0 saturated carbocycles. The van der Waals surface area contributed by atoms with Gasteiger partial charge in [-0.1, -0.05) is 0 Å². The number of H-pyrrole nitrogens is 1. The van der Waals surface area contributed by atoms with E-state index in [1.165, 1.54) is 4.88 Å². The molecule has 0 amide bonds. The Hall–Kier alpha value is -3.17. The summed E-state index contributed by atoms with van der Waals surface area (Å²) in [6.07, 6.45) is 4.57. The summed E-state index contributed by atoms with van der Waals surface area (Å²) in [5.41, 5.74) is 4.87. The second-order valence-corrected chi connectivity index (χ2v) is 9.88. The molecular weight excluding hydrogens is 432 g/mol. The summed E-state index contributed by atoms with van der Waals surface area (Å²) in [6, 6.07) is 8.22. The third kappa shape index (κ3) is 5.26. The zero-order valence-electron chi connectivity index (χ0n) is 19.2. The van der Waals surface area contributed by atoms with E-state index in [1.807, 2.05) is 38.4 Å². The van der Waals surface area contributed by atoms with Crippen LogP contribution in [-0.4, -0.2) is 61.2 Å². The number of pyridine rings is 1. The molecule has 33 heavy (non-hydrogen) atoms. The van der Waals surface area contributed by atoms with Crippen molar-refractivity contribution in [3.8, 4) is 11.4 Å². The number of nitrogens with zero attached hydrogens (tertiary/aromatic N) is 7. The first-order valence-corrected chi connectivity index (χ1v) is 12.0. The number of aromatic nitrogens is 6. The van der Waals surface area contributed by atoms with Crippen molar-refractivity contribution in [1.82, 2.24) is 35.0 Å². The number of nitrogens with one attached hydrogen (secondary N) is 1. The Morgan fingerprint density at radius 3 is 2.45 bits per heavy atom. The molecular formula is C24H28N8S. The molecule has 4 aromatic heterocycles. The molecule has 0 radical (unpaired) electrons. The van der Waals surface area contributed by atoms with Gasteiger partial charge in [0.1, 0.15) is 5.82 Å². The van der Waals surface area contributed by atoms with Gasteiger partial charge in [0.15, 0.2) is 5.82 Å². The molecule has 5 heterocycles. The summed E-state index contributed by atoms with van der Waals surface area (Å²) in [4.78, 5) is 24.7. The first kappa shape index (κ1) is 21.7. The lowest BCUT2D eigenvalue weighted by atomic mass is 10.2. The van der Waals surface area contributed by atoms with Gasteiger partial charge >= 0.3 is 0 Å². The zero-order valence-corrected chi connectivity index (χ0v) is 20.1. The Labute approximate surface area is 197 Å². The van der Waals surface area contributed by atoms with E-state index < -0.39 is 0 Å². The van der Waals surface area contributed by atoms with Gasteiger partial charge in [-0.25, -0.2) is 19.9 Å². The minimum atomic E-state index is 0.678. The Morgan fingerprint density at radius 2 is 1.79 bits per heavy atom. The second kappa shape index (κ2) is 9.36. The van der Waals surface area contributed by atoms with Crippen LogP contribution in [-0.2, 0) is 13.0 Å². The van der Waals surface area contributed by atoms with E-state index in [0.29, 0.717) is 12.2 Å². The highest BCUT2D eigenvalue weighted by atomic mass is 32.1. The monoisotopic (exact) mass is 460 g/mol. The van der Waals surface area contributed by atoms with Crippen LogP contribution in [0.3, 0.4) is 0 Å². The quantitative estimate of drug-likeness (QED) is 0.471. The third-order valence-electron chi connectivity index (χ3n) is 5.78. The fourth-order valence-corrected chi connectivity index (χ4v) is 4.98. The number of thiazole rings is 1. The van der Waals surface area contributed by atoms with Crippen LogP contribution in [0.5, 0.6) is 0 Å². The molecule has 5 rings (SSSR count). The zero-order chi connectivity index (χ0) is 22.8. The summed E-state index contributed by atoms with van der Waals surface area (Å²) >= 11 is 1.79. The van der Waals surface area contributed by atoms with Gasteiger partial charge in [-0.2, -0.15) is 5.10 Å². The smallest absolute Gasteiger partial charge is 0.161 e. The number of hydrogen-bond donors (Lipinski definition) is 1. The van der Waals surface area contributed by atoms with Gasteiger partial charge in [-0.15, -0.1) is 11.3 Å². The summed E-state index contributed by atoms with van der Waals surface area (Å²) in [7, 11) is 0. The molecule has 0 unspecified atom stereocenters. The van der Waals surface area contributed by atoms with E-state index >= 15 is 0 Å². The molecule has 0 aromatic carbocycles. The van der Waals surface area contributed by atoms with Crippen molar-refractivity contribution >= 4 is 17.2 Å². The molecule has 4 aromatic rings. The molecule has 170 valence electrons. The molecule has 9 heteroatoms. The summed E-state index contributed by atoms with van der Waals surface area (Å²) < 4.78 is 0. The maximum Gasteiger partial charge on any atom is 0.161 e. The average molecular weight is 461 g/mol. The first-order valence-electron chi connectivity index (χ1n) is 11.2. The summed E-state index contributed by atoms with van der Waals surface area (Å²) in [6.45, 7) is 11.0. The van der Waals surface area contributed by atoms with Crippen molar-refractivity contribution in [3.63, 3.8) is 0 Å². The van der Waals surface area contributed by atoms with Crippen molar-refractivity contribution in [2.45, 2.75) is 33.7 Å². The lowest BCUT2D eigenvalue weighted by Crippen LogP contribution is -2.46. The number of anilines is 1. The van der Waals surface area contributed by atoms with Crippen LogP contribution in [0.1, 0.15) is 32.7 Å². The van der Waals surface area contributed by atoms with Crippen molar-refractivity contribution in [1.29, 1.82) is 0 Å². The van der Waals surface area contributed by atoms with Gasteiger partial charge in [-0.05, 0) is 45.0 Å². The molecule has 0 bridgehead atoms. The van der Waals surface area contributed by atoms with Crippen LogP contribution in [0.15, 0.2) is 36.7 Å². The first-order chi connectivity index (χ1) is 16.0. The van der Waals surface area contributed by atoms with E-state index in [9.17, 15) is 0 Å². The van der Waals surface area contributed by atoms with Crippen LogP contribution in [0.25, 0.3) is 11.4 Å². The van der Waals surface area contributed by atoms with Crippen molar-refractivity contribution < 1.29 is 0 Å². The molecule has 1 saturated heterocycles. The fraction of sp³-hybridized carbons (Fsp3) is 0.375. The molecule has 0 atom stereocenters. The number of aryl methyl sites for hydroxylation is 3. The second-order valence-electron chi connectivity index (χ2n) is 8.56. The van der Waals surface area contributed by atoms with Gasteiger partial charge in [0, 0.05) is 73.4 Å². The van der Waals surface area contributed by atoms with Crippen LogP contribution >= 0.6 is 11.3 Å². The lowest BCUT2D eigenvalue weighted by molar-refractivity contribution is 0.251. The van der Waals surface area contributed by atoms with Crippen LogP contribution in [0.2, 0.25) is 0 Å². The number of hydrogen-bond acceptors (Lipinski definition) is 8. The summed E-state index contributed by atoms with van der Waals surface area (Å²) in [5, 5.41) is 8.45. The van der Waals surface area contributed by atoms with E-state index in [2.05, 4.69) is 49.0 Å². The predicted molar refractivity (Wildman–Crippen MR) is 130 cm³/mol. The number of aromatic amines is 1. The van der Waals surface area contributed by atoms with Gasteiger partial charge in [-0.3, -0.25) is 10.00 Å². The molecule has 1 aliphatic heterocycles. The minimum absolute atomic E-state index is 0.678. The van der Waals surface area contributed by atoms with Gasteiger partial charge in [0.05, 0.1) is 16.4 Å². The Bertz CT molecular complexity index is 1220. The van der Waals surface area contributed by atoms with Gasteiger partial charge in [0.25, 0.3) is 0 Å². The maximum atomic E-state index is 4.77. The molecule has 1 N–H and O–H groups in total.